The highest BCUT2D eigenvalue weighted by Gasteiger charge is 2.31. The predicted octanol–water partition coefficient (Wildman–Crippen LogP) is 3.33. The third-order valence-electron chi connectivity index (χ3n) is 5.01. The maximum atomic E-state index is 3.65. The van der Waals surface area contributed by atoms with Gasteiger partial charge in [-0.15, -0.1) is 0 Å². The maximum Gasteiger partial charge on any atom is 0.0240 e. The fourth-order valence-electron chi connectivity index (χ4n) is 3.39. The van der Waals surface area contributed by atoms with Crippen LogP contribution in [0.3, 0.4) is 0 Å². The van der Waals surface area contributed by atoms with Gasteiger partial charge in [-0.25, -0.2) is 0 Å². The van der Waals surface area contributed by atoms with E-state index < -0.39 is 0 Å². The highest BCUT2D eigenvalue weighted by Crippen LogP contribution is 2.30. The first-order valence-corrected chi connectivity index (χ1v) is 8.17. The molecule has 1 aromatic rings. The zero-order chi connectivity index (χ0) is 14.1. The minimum atomic E-state index is 0.724. The fraction of sp³-hybridized carbons (Fsp3) is 0.667. The quantitative estimate of drug-likeness (QED) is 0.884. The second-order valence-electron chi connectivity index (χ2n) is 6.82. The number of benzene rings is 1. The molecule has 1 heterocycles. The van der Waals surface area contributed by atoms with Gasteiger partial charge in [0.25, 0.3) is 0 Å². The van der Waals surface area contributed by atoms with Crippen LogP contribution in [0.4, 0.5) is 0 Å². The lowest BCUT2D eigenvalue weighted by Crippen LogP contribution is -2.38. The zero-order valence-electron chi connectivity index (χ0n) is 13.2. The molecule has 2 heteroatoms. The van der Waals surface area contributed by atoms with Gasteiger partial charge in [0, 0.05) is 25.2 Å². The van der Waals surface area contributed by atoms with Gasteiger partial charge < -0.3 is 5.32 Å². The summed E-state index contributed by atoms with van der Waals surface area (Å²) < 4.78 is 0. The molecule has 1 saturated carbocycles. The Kier molecular flexibility index (Phi) is 4.13. The van der Waals surface area contributed by atoms with Crippen LogP contribution in [0, 0.1) is 20.8 Å². The van der Waals surface area contributed by atoms with Crippen LogP contribution in [-0.2, 0) is 6.54 Å². The highest BCUT2D eigenvalue weighted by atomic mass is 15.2. The standard InChI is InChI=1S/C18H28N2/c1-13-9-15(3)16(10-14(13)2)11-20(18-6-7-18)12-17-5-4-8-19-17/h9-10,17-19H,4-8,11-12H2,1-3H3. The first kappa shape index (κ1) is 14.1. The Morgan fingerprint density at radius 3 is 2.45 bits per heavy atom. The second kappa shape index (κ2) is 5.87. The van der Waals surface area contributed by atoms with Gasteiger partial charge in [-0.1, -0.05) is 12.1 Å². The molecule has 2 fully saturated rings. The van der Waals surface area contributed by atoms with Crippen LogP contribution in [0.15, 0.2) is 12.1 Å². The summed E-state index contributed by atoms with van der Waals surface area (Å²) in [6.45, 7) is 10.3. The Morgan fingerprint density at radius 2 is 1.80 bits per heavy atom. The summed E-state index contributed by atoms with van der Waals surface area (Å²) in [6.07, 6.45) is 5.51. The monoisotopic (exact) mass is 272 g/mol. The second-order valence-corrected chi connectivity index (χ2v) is 6.82. The minimum Gasteiger partial charge on any atom is -0.313 e. The van der Waals surface area contributed by atoms with Crippen LogP contribution in [0.5, 0.6) is 0 Å². The first-order valence-electron chi connectivity index (χ1n) is 8.17. The lowest BCUT2D eigenvalue weighted by Gasteiger charge is -2.26. The average molecular weight is 272 g/mol. The molecule has 2 aliphatic rings. The summed E-state index contributed by atoms with van der Waals surface area (Å²) in [4.78, 5) is 2.72. The van der Waals surface area contributed by atoms with E-state index >= 15 is 0 Å². The van der Waals surface area contributed by atoms with E-state index in [1.807, 2.05) is 0 Å². The van der Waals surface area contributed by atoms with Gasteiger partial charge >= 0.3 is 0 Å². The van der Waals surface area contributed by atoms with Gasteiger partial charge in [0.15, 0.2) is 0 Å². The molecular weight excluding hydrogens is 244 g/mol. The van der Waals surface area contributed by atoms with Gasteiger partial charge in [-0.3, -0.25) is 4.90 Å². The van der Waals surface area contributed by atoms with Crippen molar-refractivity contribution in [1.29, 1.82) is 0 Å². The zero-order valence-corrected chi connectivity index (χ0v) is 13.2. The third kappa shape index (κ3) is 3.24. The number of nitrogens with one attached hydrogen (secondary N) is 1. The van der Waals surface area contributed by atoms with Gasteiger partial charge in [0.1, 0.15) is 0 Å². The summed E-state index contributed by atoms with van der Waals surface area (Å²) in [6, 6.07) is 6.33. The molecule has 20 heavy (non-hydrogen) atoms. The molecule has 2 nitrogen and oxygen atoms in total. The molecule has 1 aliphatic carbocycles. The van der Waals surface area contributed by atoms with Crippen LogP contribution >= 0.6 is 0 Å². The number of aryl methyl sites for hydroxylation is 3. The van der Waals surface area contributed by atoms with Crippen molar-refractivity contribution in [2.75, 3.05) is 13.1 Å². The molecule has 1 atom stereocenters. The summed E-state index contributed by atoms with van der Waals surface area (Å²) in [7, 11) is 0. The van der Waals surface area contributed by atoms with Gasteiger partial charge in [0.2, 0.25) is 0 Å². The summed E-state index contributed by atoms with van der Waals surface area (Å²) in [5.41, 5.74) is 5.83. The van der Waals surface area contributed by atoms with Gasteiger partial charge in [-0.05, 0) is 75.3 Å². The van der Waals surface area contributed by atoms with Crippen LogP contribution in [0.2, 0.25) is 0 Å². The van der Waals surface area contributed by atoms with Crippen LogP contribution in [0.25, 0.3) is 0 Å². The molecular formula is C18H28N2. The van der Waals surface area contributed by atoms with Crippen molar-refractivity contribution in [2.45, 2.75) is 65.1 Å². The maximum absolute atomic E-state index is 3.65. The minimum absolute atomic E-state index is 0.724. The molecule has 1 aliphatic heterocycles. The van der Waals surface area contributed by atoms with E-state index in [0.717, 1.165) is 18.6 Å². The van der Waals surface area contributed by atoms with Gasteiger partial charge in [0.05, 0.1) is 0 Å². The smallest absolute Gasteiger partial charge is 0.0240 e. The molecule has 1 saturated heterocycles. The lowest BCUT2D eigenvalue weighted by molar-refractivity contribution is 0.230. The fourth-order valence-corrected chi connectivity index (χ4v) is 3.39. The summed E-state index contributed by atoms with van der Waals surface area (Å²) in [5.74, 6) is 0. The Bertz CT molecular complexity index is 471. The van der Waals surface area contributed by atoms with E-state index in [-0.39, 0.29) is 0 Å². The van der Waals surface area contributed by atoms with Gasteiger partial charge in [-0.2, -0.15) is 0 Å². The van der Waals surface area contributed by atoms with Crippen molar-refractivity contribution >= 4 is 0 Å². The van der Waals surface area contributed by atoms with Crippen LogP contribution in [-0.4, -0.2) is 30.1 Å². The Hall–Kier alpha value is -0.860. The van der Waals surface area contributed by atoms with E-state index in [0.29, 0.717) is 0 Å². The highest BCUT2D eigenvalue weighted by molar-refractivity contribution is 5.36. The topological polar surface area (TPSA) is 15.3 Å². The molecule has 1 unspecified atom stereocenters. The largest absolute Gasteiger partial charge is 0.313 e. The molecule has 110 valence electrons. The third-order valence-corrected chi connectivity index (χ3v) is 5.01. The van der Waals surface area contributed by atoms with Crippen molar-refractivity contribution in [2.24, 2.45) is 0 Å². The van der Waals surface area contributed by atoms with Crippen molar-refractivity contribution in [1.82, 2.24) is 10.2 Å². The number of hydrogen-bond acceptors (Lipinski definition) is 2. The SMILES string of the molecule is Cc1cc(C)c(CN(CC2CCCN2)C2CC2)cc1C. The Morgan fingerprint density at radius 1 is 1.05 bits per heavy atom. The number of rotatable bonds is 5. The van der Waals surface area contributed by atoms with E-state index in [1.54, 1.807) is 0 Å². The molecule has 0 spiro atoms. The van der Waals surface area contributed by atoms with E-state index in [9.17, 15) is 0 Å². The normalized spacial score (nSPS) is 22.7. The Balaban J connectivity index is 1.71. The van der Waals surface area contributed by atoms with Crippen molar-refractivity contribution in [3.05, 3.63) is 34.4 Å². The predicted molar refractivity (Wildman–Crippen MR) is 85.1 cm³/mol. The van der Waals surface area contributed by atoms with Crippen LogP contribution in [0.1, 0.15) is 47.9 Å². The average Bonchev–Trinajstić information content (AvgIpc) is 3.13. The van der Waals surface area contributed by atoms with Crippen LogP contribution < -0.4 is 5.32 Å². The van der Waals surface area contributed by atoms with Crippen molar-refractivity contribution < 1.29 is 0 Å². The molecule has 1 aromatic carbocycles. The number of nitrogens with zero attached hydrogens (tertiary/aromatic N) is 1. The van der Waals surface area contributed by atoms with E-state index in [2.05, 4.69) is 43.1 Å². The molecule has 3 rings (SSSR count). The molecule has 0 aromatic heterocycles. The van der Waals surface area contributed by atoms with Crippen molar-refractivity contribution in [3.63, 3.8) is 0 Å². The summed E-state index contributed by atoms with van der Waals surface area (Å²) >= 11 is 0. The first-order chi connectivity index (χ1) is 9.63. The lowest BCUT2D eigenvalue weighted by atomic mass is 10.0. The van der Waals surface area contributed by atoms with Crippen molar-refractivity contribution in [3.8, 4) is 0 Å². The molecule has 1 N–H and O–H groups in total. The number of hydrogen-bond donors (Lipinski definition) is 1. The summed E-state index contributed by atoms with van der Waals surface area (Å²) in [5, 5.41) is 3.65. The Labute approximate surface area is 123 Å². The molecule has 0 bridgehead atoms. The molecule has 0 amide bonds. The molecule has 0 radical (unpaired) electrons. The van der Waals surface area contributed by atoms with E-state index in [1.165, 1.54) is 61.0 Å². The van der Waals surface area contributed by atoms with E-state index in [4.69, 9.17) is 0 Å².